The van der Waals surface area contributed by atoms with E-state index in [1.165, 1.54) is 0 Å². The number of ether oxygens (including phenoxy) is 2. The predicted octanol–water partition coefficient (Wildman–Crippen LogP) is 2.05. The third-order valence-electron chi connectivity index (χ3n) is 2.80. The number of carboxylic acids is 1. The highest BCUT2D eigenvalue weighted by molar-refractivity contribution is 5.78. The highest BCUT2D eigenvalue weighted by atomic mass is 16.5. The van der Waals surface area contributed by atoms with Crippen molar-refractivity contribution in [1.82, 2.24) is 5.32 Å². The first kappa shape index (κ1) is 18.4. The first-order chi connectivity index (χ1) is 8.71. The summed E-state index contributed by atoms with van der Waals surface area (Å²) in [5, 5.41) is 12.5. The van der Waals surface area contributed by atoms with Gasteiger partial charge in [-0.2, -0.15) is 0 Å². The lowest BCUT2D eigenvalue weighted by atomic mass is 9.94. The van der Waals surface area contributed by atoms with E-state index >= 15 is 0 Å². The molecule has 0 spiro atoms. The van der Waals surface area contributed by atoms with E-state index in [-0.39, 0.29) is 18.2 Å². The summed E-state index contributed by atoms with van der Waals surface area (Å²) < 4.78 is 11.0. The molecule has 5 heteroatoms. The van der Waals surface area contributed by atoms with Crippen LogP contribution in [-0.2, 0) is 14.3 Å². The highest BCUT2D eigenvalue weighted by Crippen LogP contribution is 2.17. The van der Waals surface area contributed by atoms with Crippen LogP contribution in [0.1, 0.15) is 48.0 Å². The van der Waals surface area contributed by atoms with Crippen molar-refractivity contribution in [3.05, 3.63) is 0 Å². The number of carboxylic acid groups (broad SMARTS) is 1. The molecular weight excluding hydrogens is 246 g/mol. The first-order valence-corrected chi connectivity index (χ1v) is 6.95. The largest absolute Gasteiger partial charge is 0.480 e. The quantitative estimate of drug-likeness (QED) is 0.638. The van der Waals surface area contributed by atoms with Gasteiger partial charge in [-0.15, -0.1) is 0 Å². The van der Waals surface area contributed by atoms with Gasteiger partial charge >= 0.3 is 5.97 Å². The average molecular weight is 275 g/mol. The summed E-state index contributed by atoms with van der Waals surface area (Å²) in [5.74, 6) is -0.853. The lowest BCUT2D eigenvalue weighted by Gasteiger charge is -2.32. The van der Waals surface area contributed by atoms with Gasteiger partial charge in [0.2, 0.25) is 0 Å². The Morgan fingerprint density at radius 3 is 2.26 bits per heavy atom. The van der Waals surface area contributed by atoms with Crippen molar-refractivity contribution in [1.29, 1.82) is 0 Å². The van der Waals surface area contributed by atoms with Crippen molar-refractivity contribution < 1.29 is 19.4 Å². The van der Waals surface area contributed by atoms with Crippen LogP contribution in [0.5, 0.6) is 0 Å². The maximum atomic E-state index is 11.4. The average Bonchev–Trinajstić information content (AvgIpc) is 2.24. The second-order valence-electron chi connectivity index (χ2n) is 5.56. The number of rotatable bonds is 10. The molecule has 3 atom stereocenters. The molecule has 3 unspecified atom stereocenters. The molecule has 0 aliphatic rings. The third-order valence-corrected chi connectivity index (χ3v) is 2.80. The molecule has 0 saturated heterocycles. The fourth-order valence-corrected chi connectivity index (χ4v) is 2.19. The van der Waals surface area contributed by atoms with Crippen LogP contribution in [-0.4, -0.2) is 48.1 Å². The summed E-state index contributed by atoms with van der Waals surface area (Å²) >= 11 is 0. The second kappa shape index (κ2) is 8.51. The summed E-state index contributed by atoms with van der Waals surface area (Å²) in [5.41, 5.74) is -0.973. The van der Waals surface area contributed by atoms with E-state index in [0.717, 1.165) is 0 Å². The first-order valence-electron chi connectivity index (χ1n) is 6.95. The maximum absolute atomic E-state index is 11.4. The van der Waals surface area contributed by atoms with Crippen LogP contribution < -0.4 is 5.32 Å². The molecule has 0 fully saturated rings. The van der Waals surface area contributed by atoms with Gasteiger partial charge < -0.3 is 14.6 Å². The Labute approximate surface area is 116 Å². The van der Waals surface area contributed by atoms with Crippen LogP contribution in [0.4, 0.5) is 0 Å². The SMILES string of the molecule is CCOCC(C)OC(C)CC(C)(NC(C)C)C(=O)O. The number of hydrogen-bond acceptors (Lipinski definition) is 4. The molecule has 0 radical (unpaired) electrons. The smallest absolute Gasteiger partial charge is 0.323 e. The van der Waals surface area contributed by atoms with Gasteiger partial charge in [0.05, 0.1) is 18.8 Å². The number of hydrogen-bond donors (Lipinski definition) is 2. The van der Waals surface area contributed by atoms with Crippen LogP contribution >= 0.6 is 0 Å². The highest BCUT2D eigenvalue weighted by Gasteiger charge is 2.35. The van der Waals surface area contributed by atoms with Crippen LogP contribution in [0.15, 0.2) is 0 Å². The molecule has 2 N–H and O–H groups in total. The Balaban J connectivity index is 4.39. The Morgan fingerprint density at radius 2 is 1.84 bits per heavy atom. The van der Waals surface area contributed by atoms with Crippen LogP contribution in [0.25, 0.3) is 0 Å². The van der Waals surface area contributed by atoms with Crippen molar-refractivity contribution in [3.8, 4) is 0 Å². The van der Waals surface area contributed by atoms with E-state index in [1.807, 2.05) is 34.6 Å². The van der Waals surface area contributed by atoms with Gasteiger partial charge in [0, 0.05) is 19.1 Å². The fraction of sp³-hybridized carbons (Fsp3) is 0.929. The number of nitrogens with one attached hydrogen (secondary N) is 1. The molecule has 0 bridgehead atoms. The molecule has 114 valence electrons. The van der Waals surface area contributed by atoms with Gasteiger partial charge in [-0.25, -0.2) is 0 Å². The Kier molecular flexibility index (Phi) is 8.22. The monoisotopic (exact) mass is 275 g/mol. The Morgan fingerprint density at radius 1 is 1.26 bits per heavy atom. The van der Waals surface area contributed by atoms with Crippen molar-refractivity contribution in [3.63, 3.8) is 0 Å². The van der Waals surface area contributed by atoms with Crippen molar-refractivity contribution in [2.24, 2.45) is 0 Å². The zero-order valence-corrected chi connectivity index (χ0v) is 13.0. The minimum Gasteiger partial charge on any atom is -0.480 e. The summed E-state index contributed by atoms with van der Waals surface area (Å²) in [6.45, 7) is 12.5. The molecule has 5 nitrogen and oxygen atoms in total. The van der Waals surface area contributed by atoms with Crippen molar-refractivity contribution in [2.45, 2.75) is 71.8 Å². The molecule has 0 aromatic rings. The van der Waals surface area contributed by atoms with Crippen LogP contribution in [0, 0.1) is 0 Å². The second-order valence-corrected chi connectivity index (χ2v) is 5.56. The molecule has 0 aromatic heterocycles. The standard InChI is InChI=1S/C14H29NO4/c1-7-18-9-12(5)19-11(4)8-14(6,13(16)17)15-10(2)3/h10-12,15H,7-9H2,1-6H3,(H,16,17). The molecule has 0 heterocycles. The molecule has 0 amide bonds. The van der Waals surface area contributed by atoms with E-state index in [2.05, 4.69) is 5.32 Å². The van der Waals surface area contributed by atoms with E-state index < -0.39 is 11.5 Å². The zero-order valence-electron chi connectivity index (χ0n) is 13.0. The Bertz CT molecular complexity index is 270. The zero-order chi connectivity index (χ0) is 15.1. The topological polar surface area (TPSA) is 67.8 Å². The van der Waals surface area contributed by atoms with E-state index in [1.54, 1.807) is 6.92 Å². The molecule has 0 aliphatic carbocycles. The van der Waals surface area contributed by atoms with Gasteiger partial charge in [0.25, 0.3) is 0 Å². The molecule has 0 rings (SSSR count). The minimum atomic E-state index is -0.973. The summed E-state index contributed by atoms with van der Waals surface area (Å²) in [7, 11) is 0. The molecule has 0 saturated carbocycles. The van der Waals surface area contributed by atoms with E-state index in [0.29, 0.717) is 19.6 Å². The third kappa shape index (κ3) is 7.50. The molecule has 0 aliphatic heterocycles. The summed E-state index contributed by atoms with van der Waals surface area (Å²) in [6, 6.07) is 0.106. The fourth-order valence-electron chi connectivity index (χ4n) is 2.19. The normalized spacial score (nSPS) is 18.1. The van der Waals surface area contributed by atoms with E-state index in [9.17, 15) is 9.90 Å². The molecule has 19 heavy (non-hydrogen) atoms. The molecule has 0 aromatic carbocycles. The van der Waals surface area contributed by atoms with Gasteiger partial charge in [-0.1, -0.05) is 0 Å². The van der Waals surface area contributed by atoms with Crippen LogP contribution in [0.3, 0.4) is 0 Å². The van der Waals surface area contributed by atoms with Crippen molar-refractivity contribution in [2.75, 3.05) is 13.2 Å². The van der Waals surface area contributed by atoms with E-state index in [4.69, 9.17) is 9.47 Å². The minimum absolute atomic E-state index is 0.0351. The number of carbonyl (C=O) groups is 1. The van der Waals surface area contributed by atoms with Crippen molar-refractivity contribution >= 4 is 5.97 Å². The summed E-state index contributed by atoms with van der Waals surface area (Å²) in [6.07, 6.45) is 0.228. The Hall–Kier alpha value is -0.650. The van der Waals surface area contributed by atoms with Gasteiger partial charge in [0.15, 0.2) is 0 Å². The predicted molar refractivity (Wildman–Crippen MR) is 75.4 cm³/mol. The van der Waals surface area contributed by atoms with Gasteiger partial charge in [-0.05, 0) is 41.5 Å². The summed E-state index contributed by atoms with van der Waals surface area (Å²) in [4.78, 5) is 11.4. The molecular formula is C14H29NO4. The van der Waals surface area contributed by atoms with Crippen LogP contribution in [0.2, 0.25) is 0 Å². The maximum Gasteiger partial charge on any atom is 0.323 e. The lowest BCUT2D eigenvalue weighted by Crippen LogP contribution is -2.54. The lowest BCUT2D eigenvalue weighted by molar-refractivity contribution is -0.147. The van der Waals surface area contributed by atoms with Gasteiger partial charge in [0.1, 0.15) is 5.54 Å². The van der Waals surface area contributed by atoms with Gasteiger partial charge in [-0.3, -0.25) is 10.1 Å². The number of aliphatic carboxylic acids is 1.